The summed E-state index contributed by atoms with van der Waals surface area (Å²) in [7, 11) is 0. The van der Waals surface area contributed by atoms with E-state index in [4.69, 9.17) is 0 Å². The van der Waals surface area contributed by atoms with Crippen LogP contribution in [0.2, 0.25) is 0 Å². The molecule has 0 bridgehead atoms. The lowest BCUT2D eigenvalue weighted by Gasteiger charge is -2.30. The summed E-state index contributed by atoms with van der Waals surface area (Å²) in [4.78, 5) is 2.78. The summed E-state index contributed by atoms with van der Waals surface area (Å²) < 4.78 is 0. The third-order valence-corrected chi connectivity index (χ3v) is 4.44. The van der Waals surface area contributed by atoms with Crippen molar-refractivity contribution >= 4 is 0 Å². The van der Waals surface area contributed by atoms with Gasteiger partial charge in [-0.05, 0) is 70.1 Å². The van der Waals surface area contributed by atoms with Crippen LogP contribution in [0.3, 0.4) is 0 Å². The standard InChI is InChI=1S/C14H28N2/c1-14(2)7-4-11-16(12-8-14)13-5-3-9-15-10-6-13/h13,15H,3-12H2,1-2H3. The lowest BCUT2D eigenvalue weighted by atomic mass is 9.85. The van der Waals surface area contributed by atoms with E-state index in [2.05, 4.69) is 24.1 Å². The van der Waals surface area contributed by atoms with E-state index in [0.29, 0.717) is 5.41 Å². The second-order valence-corrected chi connectivity index (χ2v) is 6.39. The first-order chi connectivity index (χ1) is 7.67. The molecule has 16 heavy (non-hydrogen) atoms. The predicted octanol–water partition coefficient (Wildman–Crippen LogP) is 2.64. The molecule has 94 valence electrons. The summed E-state index contributed by atoms with van der Waals surface area (Å²) >= 11 is 0. The Morgan fingerprint density at radius 2 is 1.88 bits per heavy atom. The van der Waals surface area contributed by atoms with Crippen LogP contribution < -0.4 is 5.32 Å². The molecule has 2 rings (SSSR count). The molecule has 2 nitrogen and oxygen atoms in total. The molecule has 1 atom stereocenters. The minimum atomic E-state index is 0.581. The van der Waals surface area contributed by atoms with E-state index in [1.807, 2.05) is 0 Å². The third kappa shape index (κ3) is 3.46. The van der Waals surface area contributed by atoms with Crippen molar-refractivity contribution < 1.29 is 0 Å². The molecule has 2 heterocycles. The van der Waals surface area contributed by atoms with Crippen molar-refractivity contribution in [1.29, 1.82) is 0 Å². The Bertz CT molecular complexity index is 205. The Morgan fingerprint density at radius 3 is 2.75 bits per heavy atom. The van der Waals surface area contributed by atoms with Crippen LogP contribution in [0.4, 0.5) is 0 Å². The molecule has 1 unspecified atom stereocenters. The Kier molecular flexibility index (Phi) is 4.26. The number of hydrogen-bond acceptors (Lipinski definition) is 2. The maximum absolute atomic E-state index is 3.52. The fraction of sp³-hybridized carbons (Fsp3) is 1.00. The molecule has 0 aliphatic carbocycles. The quantitative estimate of drug-likeness (QED) is 0.736. The monoisotopic (exact) mass is 224 g/mol. The fourth-order valence-corrected chi connectivity index (χ4v) is 3.17. The maximum Gasteiger partial charge on any atom is 0.0108 e. The van der Waals surface area contributed by atoms with Crippen molar-refractivity contribution in [3.05, 3.63) is 0 Å². The zero-order valence-electron chi connectivity index (χ0n) is 11.1. The van der Waals surface area contributed by atoms with Gasteiger partial charge in [-0.2, -0.15) is 0 Å². The molecule has 0 aromatic heterocycles. The molecular formula is C14H28N2. The summed E-state index contributed by atoms with van der Waals surface area (Å²) in [5.41, 5.74) is 0.581. The van der Waals surface area contributed by atoms with Gasteiger partial charge in [-0.15, -0.1) is 0 Å². The molecule has 2 heteroatoms. The smallest absolute Gasteiger partial charge is 0.0108 e. The van der Waals surface area contributed by atoms with E-state index in [9.17, 15) is 0 Å². The van der Waals surface area contributed by atoms with Gasteiger partial charge >= 0.3 is 0 Å². The van der Waals surface area contributed by atoms with Crippen LogP contribution in [0, 0.1) is 5.41 Å². The Balaban J connectivity index is 1.88. The van der Waals surface area contributed by atoms with E-state index < -0.39 is 0 Å². The zero-order chi connectivity index (χ0) is 11.4. The van der Waals surface area contributed by atoms with Crippen LogP contribution in [-0.4, -0.2) is 37.1 Å². The molecule has 1 N–H and O–H groups in total. The van der Waals surface area contributed by atoms with Crippen LogP contribution >= 0.6 is 0 Å². The van der Waals surface area contributed by atoms with Crippen molar-refractivity contribution in [2.75, 3.05) is 26.2 Å². The second kappa shape index (κ2) is 5.50. The molecule has 0 amide bonds. The van der Waals surface area contributed by atoms with Gasteiger partial charge in [-0.25, -0.2) is 0 Å². The average Bonchev–Trinajstić information content (AvgIpc) is 2.58. The van der Waals surface area contributed by atoms with Gasteiger partial charge in [-0.3, -0.25) is 0 Å². The summed E-state index contributed by atoms with van der Waals surface area (Å²) in [6, 6.07) is 0.865. The highest BCUT2D eigenvalue weighted by molar-refractivity contribution is 4.82. The van der Waals surface area contributed by atoms with Gasteiger partial charge in [0.15, 0.2) is 0 Å². The first-order valence-corrected chi connectivity index (χ1v) is 7.12. The highest BCUT2D eigenvalue weighted by Gasteiger charge is 2.26. The number of hydrogen-bond donors (Lipinski definition) is 1. The fourth-order valence-electron chi connectivity index (χ4n) is 3.17. The highest BCUT2D eigenvalue weighted by atomic mass is 15.2. The Hall–Kier alpha value is -0.0800. The van der Waals surface area contributed by atoms with Crippen LogP contribution in [0.15, 0.2) is 0 Å². The molecule has 0 saturated carbocycles. The molecule has 0 aromatic carbocycles. The molecular weight excluding hydrogens is 196 g/mol. The van der Waals surface area contributed by atoms with E-state index >= 15 is 0 Å². The average molecular weight is 224 g/mol. The summed E-state index contributed by atoms with van der Waals surface area (Å²) in [5, 5.41) is 3.52. The van der Waals surface area contributed by atoms with Crippen molar-refractivity contribution in [3.63, 3.8) is 0 Å². The van der Waals surface area contributed by atoms with Crippen LogP contribution in [0.1, 0.15) is 52.4 Å². The van der Waals surface area contributed by atoms with E-state index in [1.165, 1.54) is 64.7 Å². The van der Waals surface area contributed by atoms with Crippen LogP contribution in [0.5, 0.6) is 0 Å². The second-order valence-electron chi connectivity index (χ2n) is 6.39. The molecule has 0 aromatic rings. The van der Waals surface area contributed by atoms with Gasteiger partial charge in [0.1, 0.15) is 0 Å². The van der Waals surface area contributed by atoms with Crippen molar-refractivity contribution in [2.24, 2.45) is 5.41 Å². The molecule has 2 aliphatic rings. The van der Waals surface area contributed by atoms with Crippen molar-refractivity contribution in [3.8, 4) is 0 Å². The van der Waals surface area contributed by atoms with Gasteiger partial charge < -0.3 is 10.2 Å². The SMILES string of the molecule is CC1(C)CCCN(C2CCCNCC2)CC1. The number of likely N-dealkylation sites (tertiary alicyclic amines) is 1. The zero-order valence-corrected chi connectivity index (χ0v) is 11.1. The largest absolute Gasteiger partial charge is 0.317 e. The lowest BCUT2D eigenvalue weighted by Crippen LogP contribution is -2.37. The maximum atomic E-state index is 3.52. The van der Waals surface area contributed by atoms with E-state index in [0.717, 1.165) is 6.04 Å². The highest BCUT2D eigenvalue weighted by Crippen LogP contribution is 2.31. The van der Waals surface area contributed by atoms with Gasteiger partial charge in [-0.1, -0.05) is 13.8 Å². The van der Waals surface area contributed by atoms with Gasteiger partial charge in [0, 0.05) is 6.04 Å². The summed E-state index contributed by atoms with van der Waals surface area (Å²) in [5.74, 6) is 0. The lowest BCUT2D eigenvalue weighted by molar-refractivity contribution is 0.181. The summed E-state index contributed by atoms with van der Waals surface area (Å²) in [6.45, 7) is 10.0. The molecule has 2 fully saturated rings. The molecule has 2 saturated heterocycles. The first kappa shape index (κ1) is 12.4. The van der Waals surface area contributed by atoms with E-state index in [-0.39, 0.29) is 0 Å². The van der Waals surface area contributed by atoms with Crippen LogP contribution in [0.25, 0.3) is 0 Å². The minimum Gasteiger partial charge on any atom is -0.317 e. The molecule has 0 radical (unpaired) electrons. The topological polar surface area (TPSA) is 15.3 Å². The normalized spacial score (nSPS) is 33.0. The Labute approximate surface area is 101 Å². The number of nitrogens with zero attached hydrogens (tertiary/aromatic N) is 1. The first-order valence-electron chi connectivity index (χ1n) is 7.12. The van der Waals surface area contributed by atoms with Gasteiger partial charge in [0.2, 0.25) is 0 Å². The third-order valence-electron chi connectivity index (χ3n) is 4.44. The van der Waals surface area contributed by atoms with Gasteiger partial charge in [0.25, 0.3) is 0 Å². The minimum absolute atomic E-state index is 0.581. The van der Waals surface area contributed by atoms with Gasteiger partial charge in [0.05, 0.1) is 0 Å². The van der Waals surface area contributed by atoms with Crippen molar-refractivity contribution in [1.82, 2.24) is 10.2 Å². The molecule has 2 aliphatic heterocycles. The van der Waals surface area contributed by atoms with Crippen molar-refractivity contribution in [2.45, 2.75) is 58.4 Å². The van der Waals surface area contributed by atoms with Crippen LogP contribution in [-0.2, 0) is 0 Å². The number of nitrogens with one attached hydrogen (secondary N) is 1. The summed E-state index contributed by atoms with van der Waals surface area (Å²) in [6.07, 6.45) is 8.33. The Morgan fingerprint density at radius 1 is 1.00 bits per heavy atom. The molecule has 0 spiro atoms. The number of rotatable bonds is 1. The van der Waals surface area contributed by atoms with E-state index in [1.54, 1.807) is 0 Å². The predicted molar refractivity (Wildman–Crippen MR) is 69.7 cm³/mol.